The number of fused-ring (bicyclic) bond motifs is 1. The summed E-state index contributed by atoms with van der Waals surface area (Å²) in [6.45, 7) is 6.14. The van der Waals surface area contributed by atoms with Crippen LogP contribution in [-0.2, 0) is 6.42 Å². The lowest BCUT2D eigenvalue weighted by atomic mass is 9.74. The first-order valence-corrected chi connectivity index (χ1v) is 7.24. The molecule has 1 aliphatic carbocycles. The lowest BCUT2D eigenvalue weighted by molar-refractivity contribution is 0.278. The number of rotatable bonds is 1. The Balaban J connectivity index is 2.05. The highest BCUT2D eigenvalue weighted by Gasteiger charge is 2.31. The van der Waals surface area contributed by atoms with E-state index in [9.17, 15) is 4.39 Å². The van der Waals surface area contributed by atoms with Gasteiger partial charge in [-0.1, -0.05) is 26.0 Å². The molecular formula is C17H20FN3. The van der Waals surface area contributed by atoms with Gasteiger partial charge in [0, 0.05) is 29.1 Å². The Morgan fingerprint density at radius 2 is 2.10 bits per heavy atom. The molecule has 0 saturated heterocycles. The monoisotopic (exact) mass is 285 g/mol. The zero-order chi connectivity index (χ0) is 15.2. The summed E-state index contributed by atoms with van der Waals surface area (Å²) >= 11 is 0. The molecule has 3 nitrogen and oxygen atoms in total. The molecule has 3 rings (SSSR count). The third-order valence-corrected chi connectivity index (χ3v) is 4.15. The number of hydrogen-bond acceptors (Lipinski definition) is 3. The van der Waals surface area contributed by atoms with Gasteiger partial charge in [-0.3, -0.25) is 0 Å². The van der Waals surface area contributed by atoms with Gasteiger partial charge < -0.3 is 5.73 Å². The molecule has 0 aliphatic heterocycles. The predicted molar refractivity (Wildman–Crippen MR) is 81.2 cm³/mol. The number of benzene rings is 1. The second-order valence-corrected chi connectivity index (χ2v) is 6.71. The quantitative estimate of drug-likeness (QED) is 0.871. The Bertz CT molecular complexity index is 694. The van der Waals surface area contributed by atoms with Crippen LogP contribution in [0.3, 0.4) is 0 Å². The van der Waals surface area contributed by atoms with Gasteiger partial charge in [-0.2, -0.15) is 0 Å². The Hall–Kier alpha value is -1.81. The largest absolute Gasteiger partial charge is 0.324 e. The molecule has 1 aromatic heterocycles. The molecule has 2 N–H and O–H groups in total. The van der Waals surface area contributed by atoms with E-state index in [-0.39, 0.29) is 17.3 Å². The molecule has 1 aliphatic rings. The summed E-state index contributed by atoms with van der Waals surface area (Å²) in [5.74, 6) is 0.336. The standard InChI is InChI=1S/C17H20FN3/c1-10-4-5-11(6-13(10)18)16-20-9-12-14(19)7-17(2,3)8-15(12)21-16/h4-6,9,14H,7-8,19H2,1-3H3. The van der Waals surface area contributed by atoms with Crippen LogP contribution in [0.1, 0.15) is 43.1 Å². The second kappa shape index (κ2) is 4.88. The molecule has 0 bridgehead atoms. The lowest BCUT2D eigenvalue weighted by Gasteiger charge is -2.34. The summed E-state index contributed by atoms with van der Waals surface area (Å²) in [6, 6.07) is 5.08. The van der Waals surface area contributed by atoms with Crippen molar-refractivity contribution in [2.75, 3.05) is 0 Å². The summed E-state index contributed by atoms with van der Waals surface area (Å²) < 4.78 is 13.7. The van der Waals surface area contributed by atoms with Crippen LogP contribution >= 0.6 is 0 Å². The summed E-state index contributed by atoms with van der Waals surface area (Å²) in [5, 5.41) is 0. The van der Waals surface area contributed by atoms with Crippen LogP contribution in [0.25, 0.3) is 11.4 Å². The van der Waals surface area contributed by atoms with E-state index in [1.165, 1.54) is 6.07 Å². The van der Waals surface area contributed by atoms with Gasteiger partial charge in [-0.25, -0.2) is 14.4 Å². The van der Waals surface area contributed by atoms with Crippen molar-refractivity contribution in [1.29, 1.82) is 0 Å². The topological polar surface area (TPSA) is 51.8 Å². The SMILES string of the molecule is Cc1ccc(-c2ncc3c(n2)CC(C)(C)CC3N)cc1F. The number of nitrogens with two attached hydrogens (primary N) is 1. The second-order valence-electron chi connectivity index (χ2n) is 6.71. The highest BCUT2D eigenvalue weighted by molar-refractivity contribution is 5.56. The molecule has 4 heteroatoms. The Morgan fingerprint density at radius 1 is 1.33 bits per heavy atom. The van der Waals surface area contributed by atoms with E-state index in [0.29, 0.717) is 17.0 Å². The number of nitrogens with zero attached hydrogens (tertiary/aromatic N) is 2. The molecule has 0 spiro atoms. The normalized spacial score (nSPS) is 20.1. The zero-order valence-electron chi connectivity index (χ0n) is 12.7. The molecule has 0 amide bonds. The van der Waals surface area contributed by atoms with Gasteiger partial charge in [0.1, 0.15) is 5.82 Å². The molecule has 0 fully saturated rings. The van der Waals surface area contributed by atoms with Crippen LogP contribution in [-0.4, -0.2) is 9.97 Å². The first-order chi connectivity index (χ1) is 9.85. The molecule has 1 aromatic carbocycles. The van der Waals surface area contributed by atoms with Gasteiger partial charge in [0.05, 0.1) is 0 Å². The van der Waals surface area contributed by atoms with Gasteiger partial charge in [0.25, 0.3) is 0 Å². The van der Waals surface area contributed by atoms with Gasteiger partial charge in [-0.05, 0) is 36.8 Å². The Morgan fingerprint density at radius 3 is 2.81 bits per heavy atom. The van der Waals surface area contributed by atoms with E-state index < -0.39 is 0 Å². The molecule has 0 radical (unpaired) electrons. The molecular weight excluding hydrogens is 265 g/mol. The third kappa shape index (κ3) is 2.68. The van der Waals surface area contributed by atoms with Crippen molar-refractivity contribution >= 4 is 0 Å². The Kier molecular flexibility index (Phi) is 3.29. The first-order valence-electron chi connectivity index (χ1n) is 7.24. The number of halogens is 1. The van der Waals surface area contributed by atoms with Crippen LogP contribution in [0.2, 0.25) is 0 Å². The van der Waals surface area contributed by atoms with Crippen LogP contribution < -0.4 is 5.73 Å². The van der Waals surface area contributed by atoms with Crippen molar-refractivity contribution < 1.29 is 4.39 Å². The minimum atomic E-state index is -0.231. The van der Waals surface area contributed by atoms with E-state index in [1.807, 2.05) is 6.07 Å². The van der Waals surface area contributed by atoms with Crippen molar-refractivity contribution in [3.8, 4) is 11.4 Å². The maximum Gasteiger partial charge on any atom is 0.159 e. The average Bonchev–Trinajstić information content (AvgIpc) is 2.40. The molecule has 2 aromatic rings. The van der Waals surface area contributed by atoms with Crippen LogP contribution in [0, 0.1) is 18.2 Å². The van der Waals surface area contributed by atoms with E-state index in [2.05, 4.69) is 23.8 Å². The molecule has 1 heterocycles. The van der Waals surface area contributed by atoms with Crippen molar-refractivity contribution in [3.05, 3.63) is 47.0 Å². The van der Waals surface area contributed by atoms with Gasteiger partial charge in [0.2, 0.25) is 0 Å². The highest BCUT2D eigenvalue weighted by Crippen LogP contribution is 2.38. The summed E-state index contributed by atoms with van der Waals surface area (Å²) in [6.07, 6.45) is 3.61. The number of aromatic nitrogens is 2. The van der Waals surface area contributed by atoms with E-state index in [1.54, 1.807) is 19.2 Å². The van der Waals surface area contributed by atoms with Crippen molar-refractivity contribution in [3.63, 3.8) is 0 Å². The third-order valence-electron chi connectivity index (χ3n) is 4.15. The Labute approximate surface area is 124 Å². The van der Waals surface area contributed by atoms with Crippen LogP contribution in [0.4, 0.5) is 4.39 Å². The fraction of sp³-hybridized carbons (Fsp3) is 0.412. The molecule has 0 saturated carbocycles. The number of hydrogen-bond donors (Lipinski definition) is 1. The van der Waals surface area contributed by atoms with Crippen LogP contribution in [0.15, 0.2) is 24.4 Å². The smallest absolute Gasteiger partial charge is 0.159 e. The first kappa shape index (κ1) is 14.1. The highest BCUT2D eigenvalue weighted by atomic mass is 19.1. The van der Waals surface area contributed by atoms with Gasteiger partial charge in [0.15, 0.2) is 5.82 Å². The maximum absolute atomic E-state index is 13.7. The fourth-order valence-corrected chi connectivity index (χ4v) is 2.98. The summed E-state index contributed by atoms with van der Waals surface area (Å²) in [7, 11) is 0. The molecule has 21 heavy (non-hydrogen) atoms. The van der Waals surface area contributed by atoms with Crippen LogP contribution in [0.5, 0.6) is 0 Å². The minimum absolute atomic E-state index is 0.0208. The summed E-state index contributed by atoms with van der Waals surface area (Å²) in [5.41, 5.74) is 9.69. The van der Waals surface area contributed by atoms with Crippen molar-refractivity contribution in [2.45, 2.75) is 39.7 Å². The number of aryl methyl sites for hydroxylation is 1. The average molecular weight is 285 g/mol. The lowest BCUT2D eigenvalue weighted by Crippen LogP contribution is -2.30. The predicted octanol–water partition coefficient (Wildman–Crippen LogP) is 3.56. The van der Waals surface area contributed by atoms with Gasteiger partial charge in [-0.15, -0.1) is 0 Å². The maximum atomic E-state index is 13.7. The minimum Gasteiger partial charge on any atom is -0.324 e. The van der Waals surface area contributed by atoms with Gasteiger partial charge >= 0.3 is 0 Å². The molecule has 1 unspecified atom stereocenters. The van der Waals surface area contributed by atoms with E-state index >= 15 is 0 Å². The van der Waals surface area contributed by atoms with Crippen molar-refractivity contribution in [1.82, 2.24) is 9.97 Å². The van der Waals surface area contributed by atoms with E-state index in [4.69, 9.17) is 5.73 Å². The molecule has 110 valence electrons. The summed E-state index contributed by atoms with van der Waals surface area (Å²) in [4.78, 5) is 9.02. The van der Waals surface area contributed by atoms with E-state index in [0.717, 1.165) is 24.1 Å². The molecule has 1 atom stereocenters. The fourth-order valence-electron chi connectivity index (χ4n) is 2.98. The van der Waals surface area contributed by atoms with Crippen molar-refractivity contribution in [2.24, 2.45) is 11.1 Å². The zero-order valence-corrected chi connectivity index (χ0v) is 12.7.